The summed E-state index contributed by atoms with van der Waals surface area (Å²) in [6, 6.07) is 6.78. The van der Waals surface area contributed by atoms with Crippen molar-refractivity contribution in [3.8, 4) is 0 Å². The third-order valence-electron chi connectivity index (χ3n) is 2.79. The Morgan fingerprint density at radius 1 is 1.10 bits per heavy atom. The number of carbonyl (C=O) groups excluding carboxylic acids is 3. The van der Waals surface area contributed by atoms with Gasteiger partial charge in [-0.1, -0.05) is 12.1 Å². The molecule has 0 aliphatic carbocycles. The molecular weight excluding hydrogens is 290 g/mol. The third-order valence-corrected chi connectivity index (χ3v) is 3.35. The standard InChI is InChI=1S/C14H17N3O3S/c1-21(2)16-15-12(18)9-10-3-5-11(6-4-10)17-13(19)7-8-14(17)20/h3-8,16,21H,9H2,1-2H3,(H,15,18). The van der Waals surface area contributed by atoms with E-state index >= 15 is 0 Å². The van der Waals surface area contributed by atoms with Gasteiger partial charge in [-0.25, -0.2) is 4.90 Å². The van der Waals surface area contributed by atoms with Crippen molar-refractivity contribution in [2.75, 3.05) is 17.4 Å². The summed E-state index contributed by atoms with van der Waals surface area (Å²) in [5.41, 5.74) is 3.94. The molecule has 0 unspecified atom stereocenters. The number of anilines is 1. The van der Waals surface area contributed by atoms with Crippen molar-refractivity contribution >= 4 is 34.5 Å². The highest BCUT2D eigenvalue weighted by Gasteiger charge is 2.24. The molecule has 1 aromatic carbocycles. The number of carbonyl (C=O) groups is 3. The summed E-state index contributed by atoms with van der Waals surface area (Å²) in [5, 5.41) is 0. The van der Waals surface area contributed by atoms with E-state index in [1.54, 1.807) is 24.3 Å². The molecule has 0 saturated carbocycles. The lowest BCUT2D eigenvalue weighted by Gasteiger charge is -2.15. The van der Waals surface area contributed by atoms with Crippen LogP contribution in [0.4, 0.5) is 5.69 Å². The van der Waals surface area contributed by atoms with Crippen molar-refractivity contribution in [2.24, 2.45) is 0 Å². The van der Waals surface area contributed by atoms with Gasteiger partial charge in [-0.05, 0) is 30.2 Å². The van der Waals surface area contributed by atoms with Crippen LogP contribution in [0.25, 0.3) is 0 Å². The van der Waals surface area contributed by atoms with Crippen molar-refractivity contribution in [3.63, 3.8) is 0 Å². The number of amides is 3. The van der Waals surface area contributed by atoms with Gasteiger partial charge in [0, 0.05) is 12.2 Å². The van der Waals surface area contributed by atoms with Crippen LogP contribution in [0.15, 0.2) is 36.4 Å². The van der Waals surface area contributed by atoms with Crippen LogP contribution in [0.5, 0.6) is 0 Å². The molecule has 2 N–H and O–H groups in total. The topological polar surface area (TPSA) is 78.5 Å². The smallest absolute Gasteiger partial charge is 0.258 e. The SMILES string of the molecule is C[SH](C)NNC(=O)Cc1ccc(N2C(=O)C=CC2=O)cc1. The van der Waals surface area contributed by atoms with Crippen molar-refractivity contribution < 1.29 is 14.4 Å². The van der Waals surface area contributed by atoms with Gasteiger partial charge in [-0.15, -0.1) is 0 Å². The highest BCUT2D eigenvalue weighted by molar-refractivity contribution is 8.14. The van der Waals surface area contributed by atoms with Crippen LogP contribution in [0.1, 0.15) is 5.56 Å². The van der Waals surface area contributed by atoms with E-state index in [0.717, 1.165) is 10.5 Å². The molecule has 1 aliphatic rings. The molecule has 1 heterocycles. The van der Waals surface area contributed by atoms with Gasteiger partial charge in [0.05, 0.1) is 12.1 Å². The fourth-order valence-corrected chi connectivity index (χ4v) is 2.17. The Balaban J connectivity index is 1.98. The van der Waals surface area contributed by atoms with Crippen LogP contribution < -0.4 is 15.2 Å². The lowest BCUT2D eigenvalue weighted by molar-refractivity contribution is -0.121. The summed E-state index contributed by atoms with van der Waals surface area (Å²) in [7, 11) is 0. The zero-order chi connectivity index (χ0) is 15.4. The summed E-state index contributed by atoms with van der Waals surface area (Å²) in [6.07, 6.45) is 6.69. The largest absolute Gasteiger partial charge is 0.283 e. The lowest BCUT2D eigenvalue weighted by atomic mass is 10.1. The minimum absolute atomic E-state index is 0.131. The third kappa shape index (κ3) is 3.93. The fourth-order valence-electron chi connectivity index (χ4n) is 1.82. The molecule has 0 bridgehead atoms. The zero-order valence-electron chi connectivity index (χ0n) is 11.8. The number of thiol groups is 1. The molecule has 0 saturated heterocycles. The Kier molecular flexibility index (Phi) is 4.77. The molecule has 1 aliphatic heterocycles. The summed E-state index contributed by atoms with van der Waals surface area (Å²) in [6.45, 7) is 0. The number of hydrogen-bond donors (Lipinski definition) is 3. The van der Waals surface area contributed by atoms with Gasteiger partial charge in [0.25, 0.3) is 11.8 Å². The Bertz CT molecular complexity index is 578. The Labute approximate surface area is 125 Å². The van der Waals surface area contributed by atoms with Gasteiger partial charge in [0.2, 0.25) is 5.91 Å². The zero-order valence-corrected chi connectivity index (χ0v) is 12.7. The molecule has 0 atom stereocenters. The van der Waals surface area contributed by atoms with E-state index in [1.807, 2.05) is 12.5 Å². The van der Waals surface area contributed by atoms with Gasteiger partial charge in [0.15, 0.2) is 0 Å². The fraction of sp³-hybridized carbons (Fsp3) is 0.214. The van der Waals surface area contributed by atoms with E-state index in [-0.39, 0.29) is 24.1 Å². The lowest BCUT2D eigenvalue weighted by Crippen LogP contribution is -2.35. The maximum atomic E-state index is 11.7. The molecule has 6 nitrogen and oxygen atoms in total. The number of rotatable bonds is 5. The summed E-state index contributed by atoms with van der Waals surface area (Å²) in [5.74, 6) is -0.836. The van der Waals surface area contributed by atoms with Gasteiger partial charge in [-0.2, -0.15) is 15.9 Å². The van der Waals surface area contributed by atoms with Gasteiger partial charge >= 0.3 is 0 Å². The monoisotopic (exact) mass is 307 g/mol. The molecule has 0 radical (unpaired) electrons. The molecule has 0 spiro atoms. The number of imide groups is 1. The average molecular weight is 307 g/mol. The molecule has 0 fully saturated rings. The van der Waals surface area contributed by atoms with Crippen molar-refractivity contribution in [3.05, 3.63) is 42.0 Å². The molecular formula is C14H17N3O3S. The van der Waals surface area contributed by atoms with Crippen LogP contribution in [0, 0.1) is 0 Å². The number of nitrogens with zero attached hydrogens (tertiary/aromatic N) is 1. The normalized spacial score (nSPS) is 14.6. The van der Waals surface area contributed by atoms with Crippen molar-refractivity contribution in [1.29, 1.82) is 0 Å². The van der Waals surface area contributed by atoms with Gasteiger partial charge < -0.3 is 0 Å². The molecule has 1 aromatic rings. The predicted octanol–water partition coefficient (Wildman–Crippen LogP) is 0.455. The molecule has 2 rings (SSSR count). The minimum Gasteiger partial charge on any atom is -0.283 e. The molecule has 21 heavy (non-hydrogen) atoms. The maximum Gasteiger partial charge on any atom is 0.258 e. The first-order chi connectivity index (χ1) is 9.97. The van der Waals surface area contributed by atoms with Crippen LogP contribution in [-0.4, -0.2) is 30.2 Å². The number of benzene rings is 1. The van der Waals surface area contributed by atoms with Crippen LogP contribution >= 0.6 is 11.1 Å². The molecule has 3 amide bonds. The number of hydrazine groups is 1. The Morgan fingerprint density at radius 2 is 1.67 bits per heavy atom. The van der Waals surface area contributed by atoms with Gasteiger partial charge in [0.1, 0.15) is 0 Å². The van der Waals surface area contributed by atoms with Crippen LogP contribution in [0.2, 0.25) is 0 Å². The first kappa shape index (κ1) is 15.3. The first-order valence-electron chi connectivity index (χ1n) is 6.34. The predicted molar refractivity (Wildman–Crippen MR) is 83.9 cm³/mol. The molecule has 0 aromatic heterocycles. The van der Waals surface area contributed by atoms with E-state index < -0.39 is 11.1 Å². The van der Waals surface area contributed by atoms with Crippen LogP contribution in [0.3, 0.4) is 0 Å². The summed E-state index contributed by atoms with van der Waals surface area (Å²) < 4.78 is 0. The van der Waals surface area contributed by atoms with E-state index in [2.05, 4.69) is 10.3 Å². The van der Waals surface area contributed by atoms with Crippen LogP contribution in [-0.2, 0) is 20.8 Å². The highest BCUT2D eigenvalue weighted by Crippen LogP contribution is 2.19. The van der Waals surface area contributed by atoms with Crippen molar-refractivity contribution in [1.82, 2.24) is 10.3 Å². The second kappa shape index (κ2) is 6.55. The second-order valence-corrected chi connectivity index (χ2v) is 6.76. The average Bonchev–Trinajstić information content (AvgIpc) is 2.77. The maximum absolute atomic E-state index is 11.7. The minimum atomic E-state index is -0.400. The van der Waals surface area contributed by atoms with Gasteiger partial charge in [-0.3, -0.25) is 19.8 Å². The molecule has 7 heteroatoms. The quantitative estimate of drug-likeness (QED) is 0.419. The first-order valence-corrected chi connectivity index (χ1v) is 8.58. The Morgan fingerprint density at radius 3 is 2.19 bits per heavy atom. The van der Waals surface area contributed by atoms with E-state index in [0.29, 0.717) is 5.69 Å². The number of hydrogen-bond acceptors (Lipinski definition) is 4. The van der Waals surface area contributed by atoms with Crippen molar-refractivity contribution in [2.45, 2.75) is 6.42 Å². The summed E-state index contributed by atoms with van der Waals surface area (Å²) >= 11 is -0.400. The van der Waals surface area contributed by atoms with E-state index in [9.17, 15) is 14.4 Å². The molecule has 112 valence electrons. The Hall–Kier alpha value is -2.12. The van der Waals surface area contributed by atoms with E-state index in [1.165, 1.54) is 12.2 Å². The number of nitrogens with one attached hydrogen (secondary N) is 2. The highest BCUT2D eigenvalue weighted by atomic mass is 32.2. The van der Waals surface area contributed by atoms with E-state index in [4.69, 9.17) is 0 Å². The summed E-state index contributed by atoms with van der Waals surface area (Å²) in [4.78, 5) is 38.7. The second-order valence-electron chi connectivity index (χ2n) is 4.74.